The number of nitrogens with two attached hydrogens (primary N) is 1. The van der Waals surface area contributed by atoms with Crippen LogP contribution < -0.4 is 5.73 Å². The molecule has 0 radical (unpaired) electrons. The Kier molecular flexibility index (Phi) is 5.20. The van der Waals surface area contributed by atoms with Gasteiger partial charge in [0.25, 0.3) is 5.91 Å². The van der Waals surface area contributed by atoms with Gasteiger partial charge in [-0.2, -0.15) is 0 Å². The van der Waals surface area contributed by atoms with E-state index < -0.39 is 0 Å². The molecule has 2 N–H and O–H groups in total. The van der Waals surface area contributed by atoms with Crippen molar-refractivity contribution in [3.63, 3.8) is 0 Å². The van der Waals surface area contributed by atoms with Gasteiger partial charge in [0.05, 0.1) is 0 Å². The van der Waals surface area contributed by atoms with Gasteiger partial charge in [-0.25, -0.2) is 0 Å². The van der Waals surface area contributed by atoms with Crippen LogP contribution in [-0.2, 0) is 4.79 Å². The molecular weight excluding hydrogens is 248 g/mol. The quantitative estimate of drug-likeness (QED) is 0.836. The van der Waals surface area contributed by atoms with E-state index in [0.717, 1.165) is 18.4 Å². The SMILES string of the molecule is CN(C(=O)C#Cc1ccccc1)C1CCCCC1CN. The predicted octanol–water partition coefficient (Wildman–Crippen LogP) is 2.01. The van der Waals surface area contributed by atoms with Gasteiger partial charge >= 0.3 is 0 Å². The van der Waals surface area contributed by atoms with Gasteiger partial charge in [0.15, 0.2) is 0 Å². The van der Waals surface area contributed by atoms with Gasteiger partial charge in [-0.3, -0.25) is 4.79 Å². The first kappa shape index (κ1) is 14.6. The Hall–Kier alpha value is -1.79. The maximum atomic E-state index is 12.2. The predicted molar refractivity (Wildman–Crippen MR) is 80.9 cm³/mol. The highest BCUT2D eigenvalue weighted by Crippen LogP contribution is 2.27. The van der Waals surface area contributed by atoms with E-state index in [4.69, 9.17) is 5.73 Å². The zero-order chi connectivity index (χ0) is 14.4. The minimum absolute atomic E-state index is 0.112. The summed E-state index contributed by atoms with van der Waals surface area (Å²) in [6.45, 7) is 0.647. The molecule has 3 nitrogen and oxygen atoms in total. The van der Waals surface area contributed by atoms with Gasteiger partial charge in [-0.1, -0.05) is 37.0 Å². The van der Waals surface area contributed by atoms with Gasteiger partial charge < -0.3 is 10.6 Å². The second kappa shape index (κ2) is 7.12. The fourth-order valence-corrected chi connectivity index (χ4v) is 2.86. The van der Waals surface area contributed by atoms with Gasteiger partial charge in [-0.05, 0) is 37.4 Å². The molecule has 1 amide bonds. The number of benzene rings is 1. The normalized spacial score (nSPS) is 21.7. The summed E-state index contributed by atoms with van der Waals surface area (Å²) in [4.78, 5) is 14.0. The summed E-state index contributed by atoms with van der Waals surface area (Å²) >= 11 is 0. The van der Waals surface area contributed by atoms with Crippen LogP contribution in [0.1, 0.15) is 31.2 Å². The third-order valence-electron chi connectivity index (χ3n) is 4.08. The first-order valence-corrected chi connectivity index (χ1v) is 7.26. The molecule has 2 unspecified atom stereocenters. The fraction of sp³-hybridized carbons (Fsp3) is 0.471. The molecule has 1 aliphatic carbocycles. The van der Waals surface area contributed by atoms with Crippen molar-refractivity contribution in [1.82, 2.24) is 4.90 Å². The third kappa shape index (κ3) is 3.61. The van der Waals surface area contributed by atoms with E-state index in [9.17, 15) is 4.79 Å². The van der Waals surface area contributed by atoms with E-state index in [-0.39, 0.29) is 11.9 Å². The largest absolute Gasteiger partial charge is 0.332 e. The van der Waals surface area contributed by atoms with Crippen LogP contribution in [0.5, 0.6) is 0 Å². The van der Waals surface area contributed by atoms with Gasteiger partial charge in [0.2, 0.25) is 0 Å². The monoisotopic (exact) mass is 270 g/mol. The second-order valence-electron chi connectivity index (χ2n) is 5.38. The molecule has 106 valence electrons. The molecule has 0 heterocycles. The topological polar surface area (TPSA) is 46.3 Å². The van der Waals surface area contributed by atoms with E-state index in [1.807, 2.05) is 37.4 Å². The molecule has 0 bridgehead atoms. The zero-order valence-electron chi connectivity index (χ0n) is 12.0. The van der Waals surface area contributed by atoms with E-state index >= 15 is 0 Å². The van der Waals surface area contributed by atoms with Crippen LogP contribution in [0, 0.1) is 17.8 Å². The van der Waals surface area contributed by atoms with Crippen molar-refractivity contribution in [2.45, 2.75) is 31.7 Å². The maximum Gasteiger partial charge on any atom is 0.298 e. The molecule has 1 saturated carbocycles. The van der Waals surface area contributed by atoms with Crippen LogP contribution in [0.3, 0.4) is 0 Å². The van der Waals surface area contributed by atoms with Crippen LogP contribution in [-0.4, -0.2) is 30.4 Å². The molecule has 1 aromatic rings. The van der Waals surface area contributed by atoms with Crippen LogP contribution in [0.15, 0.2) is 30.3 Å². The maximum absolute atomic E-state index is 12.2. The minimum atomic E-state index is -0.112. The zero-order valence-corrected chi connectivity index (χ0v) is 12.0. The average molecular weight is 270 g/mol. The number of nitrogens with zero attached hydrogens (tertiary/aromatic N) is 1. The molecule has 1 fully saturated rings. The van der Waals surface area contributed by atoms with Crippen molar-refractivity contribution >= 4 is 5.91 Å². The summed E-state index contributed by atoms with van der Waals surface area (Å²) in [5.74, 6) is 5.96. The molecule has 0 saturated heterocycles. The number of carbonyl (C=O) groups is 1. The Labute approximate surface area is 121 Å². The number of carbonyl (C=O) groups excluding carboxylic acids is 1. The standard InChI is InChI=1S/C17H22N2O/c1-19(16-10-6-5-9-15(16)13-18)17(20)12-11-14-7-3-2-4-8-14/h2-4,7-8,15-16H,5-6,9-10,13,18H2,1H3. The van der Waals surface area contributed by atoms with Crippen molar-refractivity contribution in [3.05, 3.63) is 35.9 Å². The summed E-state index contributed by atoms with van der Waals surface area (Å²) < 4.78 is 0. The number of amides is 1. The molecule has 20 heavy (non-hydrogen) atoms. The minimum Gasteiger partial charge on any atom is -0.332 e. The first-order valence-electron chi connectivity index (χ1n) is 7.26. The van der Waals surface area contributed by atoms with Gasteiger partial charge in [-0.15, -0.1) is 0 Å². The number of rotatable bonds is 2. The summed E-state index contributed by atoms with van der Waals surface area (Å²) in [5.41, 5.74) is 6.69. The summed E-state index contributed by atoms with van der Waals surface area (Å²) in [6.07, 6.45) is 4.54. The van der Waals surface area contributed by atoms with Crippen molar-refractivity contribution in [1.29, 1.82) is 0 Å². The Morgan fingerprint density at radius 2 is 2.00 bits per heavy atom. The highest BCUT2D eigenvalue weighted by Gasteiger charge is 2.29. The molecule has 0 spiro atoms. The van der Waals surface area contributed by atoms with Crippen molar-refractivity contribution in [3.8, 4) is 11.8 Å². The number of hydrogen-bond acceptors (Lipinski definition) is 2. The van der Waals surface area contributed by atoms with Crippen molar-refractivity contribution in [2.75, 3.05) is 13.6 Å². The van der Waals surface area contributed by atoms with Crippen LogP contribution in [0.4, 0.5) is 0 Å². The highest BCUT2D eigenvalue weighted by atomic mass is 16.2. The Morgan fingerprint density at radius 1 is 1.30 bits per heavy atom. The second-order valence-corrected chi connectivity index (χ2v) is 5.38. The van der Waals surface area contributed by atoms with Crippen LogP contribution in [0.25, 0.3) is 0 Å². The van der Waals surface area contributed by atoms with Gasteiger partial charge in [0.1, 0.15) is 0 Å². The molecule has 0 aromatic heterocycles. The van der Waals surface area contributed by atoms with Crippen LogP contribution >= 0.6 is 0 Å². The smallest absolute Gasteiger partial charge is 0.298 e. The van der Waals surface area contributed by atoms with Crippen molar-refractivity contribution < 1.29 is 4.79 Å². The molecule has 2 atom stereocenters. The Balaban J connectivity index is 2.03. The molecule has 0 aliphatic heterocycles. The summed E-state index contributed by atoms with van der Waals surface area (Å²) in [5, 5.41) is 0. The molecular formula is C17H22N2O. The van der Waals surface area contributed by atoms with E-state index in [1.165, 1.54) is 12.8 Å². The van der Waals surface area contributed by atoms with Crippen molar-refractivity contribution in [2.24, 2.45) is 11.7 Å². The third-order valence-corrected chi connectivity index (χ3v) is 4.08. The van der Waals surface area contributed by atoms with E-state index in [2.05, 4.69) is 11.8 Å². The first-order chi connectivity index (χ1) is 9.72. The highest BCUT2D eigenvalue weighted by molar-refractivity contribution is 5.94. The fourth-order valence-electron chi connectivity index (χ4n) is 2.86. The lowest BCUT2D eigenvalue weighted by atomic mass is 9.83. The molecule has 3 heteroatoms. The Bertz CT molecular complexity index is 501. The lowest BCUT2D eigenvalue weighted by molar-refractivity contribution is -0.127. The van der Waals surface area contributed by atoms with Gasteiger partial charge in [0, 0.05) is 24.6 Å². The summed E-state index contributed by atoms with van der Waals surface area (Å²) in [6, 6.07) is 9.83. The number of hydrogen-bond donors (Lipinski definition) is 1. The lowest BCUT2D eigenvalue weighted by Crippen LogP contribution is -2.45. The molecule has 2 rings (SSSR count). The molecule has 1 aromatic carbocycles. The average Bonchev–Trinajstić information content (AvgIpc) is 2.52. The summed E-state index contributed by atoms with van der Waals surface area (Å²) in [7, 11) is 1.85. The van der Waals surface area contributed by atoms with E-state index in [0.29, 0.717) is 12.5 Å². The van der Waals surface area contributed by atoms with E-state index in [1.54, 1.807) is 4.90 Å². The van der Waals surface area contributed by atoms with Crippen LogP contribution in [0.2, 0.25) is 0 Å². The Morgan fingerprint density at radius 3 is 2.70 bits per heavy atom. The molecule has 1 aliphatic rings. The lowest BCUT2D eigenvalue weighted by Gasteiger charge is -2.36.